The van der Waals surface area contributed by atoms with Gasteiger partial charge in [-0.05, 0) is 33.9 Å². The van der Waals surface area contributed by atoms with Gasteiger partial charge in [0.2, 0.25) is 0 Å². The lowest BCUT2D eigenvalue weighted by Crippen LogP contribution is -2.09. The highest BCUT2D eigenvalue weighted by Gasteiger charge is 2.26. The molecule has 0 N–H and O–H groups in total. The lowest BCUT2D eigenvalue weighted by atomic mass is 9.85. The molecular weight excluding hydrogens is 649 g/mol. The average Bonchev–Trinajstić information content (AvgIpc) is 3.22. The molecule has 8 aromatic carbocycles. The maximum absolute atomic E-state index is 7.04. The van der Waals surface area contributed by atoms with Gasteiger partial charge in [0.25, 0.3) is 0 Å². The largest absolute Gasteiger partial charge is 0.492 e. The van der Waals surface area contributed by atoms with Crippen LogP contribution in [0.2, 0.25) is 0 Å². The van der Waals surface area contributed by atoms with Crippen LogP contribution in [0.5, 0.6) is 17.2 Å². The molecule has 8 aromatic rings. The molecule has 0 saturated carbocycles. The lowest BCUT2D eigenvalue weighted by Gasteiger charge is -2.25. The van der Waals surface area contributed by atoms with Gasteiger partial charge >= 0.3 is 0 Å². The summed E-state index contributed by atoms with van der Waals surface area (Å²) in [5, 5.41) is 6.57. The molecule has 0 radical (unpaired) electrons. The Morgan fingerprint density at radius 3 is 1.06 bits per heavy atom. The summed E-state index contributed by atoms with van der Waals surface area (Å²) in [7, 11) is 0. The highest BCUT2D eigenvalue weighted by Crippen LogP contribution is 2.52. The van der Waals surface area contributed by atoms with Gasteiger partial charge in [0.15, 0.2) is 0 Å². The van der Waals surface area contributed by atoms with Gasteiger partial charge in [-0.15, -0.1) is 0 Å². The average molecular weight is 693 g/mol. The van der Waals surface area contributed by atoms with Crippen LogP contribution in [0, 0.1) is 0 Å². The molecule has 0 aliphatic heterocycles. The molecule has 0 atom stereocenters. The summed E-state index contributed by atoms with van der Waals surface area (Å²) >= 11 is 0. The maximum Gasteiger partial charge on any atom is 0.135 e. The summed E-state index contributed by atoms with van der Waals surface area (Å²) in [6, 6.07) is 57.6. The number of fused-ring (bicyclic) bond motifs is 3. The number of hydrogen-bond acceptors (Lipinski definition) is 3. The molecule has 0 amide bonds. The number of hydrogen-bond donors (Lipinski definition) is 0. The predicted octanol–water partition coefficient (Wildman–Crippen LogP) is 12.2. The second kappa shape index (κ2) is 16.1. The minimum Gasteiger partial charge on any atom is -0.492 e. The van der Waals surface area contributed by atoms with Crippen molar-refractivity contribution in [3.8, 4) is 28.4 Å². The van der Waals surface area contributed by atoms with E-state index in [1.807, 2.05) is 0 Å². The monoisotopic (exact) mass is 692 g/mol. The molecule has 0 aliphatic carbocycles. The lowest BCUT2D eigenvalue weighted by molar-refractivity contribution is 0.317. The highest BCUT2D eigenvalue weighted by molar-refractivity contribution is 6.19. The molecule has 53 heavy (non-hydrogen) atoms. The van der Waals surface area contributed by atoms with Crippen LogP contribution in [0.1, 0.15) is 29.2 Å². The van der Waals surface area contributed by atoms with E-state index >= 15 is 0 Å². The molecule has 8 rings (SSSR count). The van der Waals surface area contributed by atoms with E-state index in [-0.39, 0.29) is 0 Å². The first-order chi connectivity index (χ1) is 26.3. The smallest absolute Gasteiger partial charge is 0.135 e. The molecule has 0 saturated heterocycles. The van der Waals surface area contributed by atoms with Gasteiger partial charge in [-0.2, -0.15) is 0 Å². The summed E-state index contributed by atoms with van der Waals surface area (Å²) in [4.78, 5) is 0. The van der Waals surface area contributed by atoms with Gasteiger partial charge in [-0.3, -0.25) is 0 Å². The van der Waals surface area contributed by atoms with Crippen molar-refractivity contribution >= 4 is 32.3 Å². The fourth-order valence-corrected chi connectivity index (χ4v) is 7.60. The second-order valence-electron chi connectivity index (χ2n) is 13.5. The summed E-state index contributed by atoms with van der Waals surface area (Å²) in [6.45, 7) is 3.94. The van der Waals surface area contributed by atoms with Crippen LogP contribution in [0.4, 0.5) is 0 Å². The van der Waals surface area contributed by atoms with Gasteiger partial charge in [-0.1, -0.05) is 171 Å². The van der Waals surface area contributed by atoms with E-state index in [0.29, 0.717) is 19.8 Å². The van der Waals surface area contributed by atoms with Gasteiger partial charge in [0, 0.05) is 57.5 Å². The minimum atomic E-state index is 0.551. The zero-order valence-corrected chi connectivity index (χ0v) is 30.3. The Bertz CT molecular complexity index is 2400. The van der Waals surface area contributed by atoms with Crippen LogP contribution in [-0.4, -0.2) is 19.8 Å². The van der Waals surface area contributed by atoms with E-state index < -0.39 is 0 Å². The van der Waals surface area contributed by atoms with Crippen molar-refractivity contribution < 1.29 is 14.2 Å². The molecule has 0 fully saturated rings. The summed E-state index contributed by atoms with van der Waals surface area (Å²) in [5.74, 6) is 2.75. The Balaban J connectivity index is 1.32. The minimum absolute atomic E-state index is 0.551. The molecule has 262 valence electrons. The normalized spacial score (nSPS) is 11.3. The third kappa shape index (κ3) is 7.21. The van der Waals surface area contributed by atoms with Crippen LogP contribution in [0.25, 0.3) is 43.4 Å². The third-order valence-electron chi connectivity index (χ3n) is 10.1. The molecule has 0 heterocycles. The third-order valence-corrected chi connectivity index (χ3v) is 10.1. The first-order valence-corrected chi connectivity index (χ1v) is 18.8. The van der Waals surface area contributed by atoms with Crippen LogP contribution < -0.4 is 14.2 Å². The predicted molar refractivity (Wildman–Crippen MR) is 221 cm³/mol. The van der Waals surface area contributed by atoms with Crippen LogP contribution in [0.3, 0.4) is 0 Å². The van der Waals surface area contributed by atoms with E-state index in [9.17, 15) is 0 Å². The topological polar surface area (TPSA) is 27.7 Å². The number of benzene rings is 8. The van der Waals surface area contributed by atoms with E-state index in [1.165, 1.54) is 16.7 Å². The Morgan fingerprint density at radius 1 is 0.321 bits per heavy atom. The first-order valence-electron chi connectivity index (χ1n) is 18.8. The molecule has 0 spiro atoms. The number of rotatable bonds is 14. The number of ether oxygens (including phenoxy) is 3. The zero-order chi connectivity index (χ0) is 35.8. The van der Waals surface area contributed by atoms with Crippen molar-refractivity contribution in [1.29, 1.82) is 0 Å². The standard InChI is InChI=1S/C50H44O3/c1-2-39-47(46-40-24-12-14-26-42(40)49(43-27-15-13-25-41(43)46)52-34-31-37-20-8-4-9-21-37)50(53-35-32-38-22-10-5-11-23-38)45-29-17-16-28-44(45)48(39)51-33-30-36-18-6-3-7-19-36/h3-29H,2,30-35H2,1H3. The van der Waals surface area contributed by atoms with Gasteiger partial charge in [-0.25, -0.2) is 0 Å². The highest BCUT2D eigenvalue weighted by atomic mass is 16.5. The van der Waals surface area contributed by atoms with E-state index in [2.05, 4.69) is 171 Å². The van der Waals surface area contributed by atoms with Gasteiger partial charge < -0.3 is 14.2 Å². The van der Waals surface area contributed by atoms with Gasteiger partial charge in [0.1, 0.15) is 17.2 Å². The van der Waals surface area contributed by atoms with Crippen molar-refractivity contribution in [2.45, 2.75) is 32.6 Å². The van der Waals surface area contributed by atoms with E-state index in [0.717, 1.165) is 91.9 Å². The van der Waals surface area contributed by atoms with Crippen LogP contribution in [0.15, 0.2) is 164 Å². The molecule has 3 nitrogen and oxygen atoms in total. The van der Waals surface area contributed by atoms with E-state index in [4.69, 9.17) is 14.2 Å². The van der Waals surface area contributed by atoms with Crippen LogP contribution in [-0.2, 0) is 25.7 Å². The second-order valence-corrected chi connectivity index (χ2v) is 13.5. The summed E-state index contributed by atoms with van der Waals surface area (Å²) < 4.78 is 20.7. The maximum atomic E-state index is 7.04. The fourth-order valence-electron chi connectivity index (χ4n) is 7.60. The molecule has 0 unspecified atom stereocenters. The fraction of sp³-hybridized carbons (Fsp3) is 0.160. The van der Waals surface area contributed by atoms with Crippen molar-refractivity contribution in [3.63, 3.8) is 0 Å². The molecular formula is C50H44O3. The Kier molecular flexibility index (Phi) is 10.3. The summed E-state index contributed by atoms with van der Waals surface area (Å²) in [6.07, 6.45) is 3.23. The molecule has 0 aliphatic rings. The SMILES string of the molecule is CCc1c(-c2c3ccccc3c(OCCc3ccccc3)c3ccccc23)c(OCCc2ccccc2)c2ccccc2c1OCCc1ccccc1. The van der Waals surface area contributed by atoms with Crippen molar-refractivity contribution in [3.05, 3.63) is 186 Å². The van der Waals surface area contributed by atoms with Crippen LogP contribution >= 0.6 is 0 Å². The Labute approximate surface area is 312 Å². The zero-order valence-electron chi connectivity index (χ0n) is 30.3. The molecule has 3 heteroatoms. The van der Waals surface area contributed by atoms with Crippen molar-refractivity contribution in [2.24, 2.45) is 0 Å². The quantitative estimate of drug-likeness (QED) is 0.106. The van der Waals surface area contributed by atoms with Crippen molar-refractivity contribution in [2.75, 3.05) is 19.8 Å². The molecule has 0 aromatic heterocycles. The Hall–Kier alpha value is -6.06. The van der Waals surface area contributed by atoms with E-state index in [1.54, 1.807) is 0 Å². The molecule has 0 bridgehead atoms. The summed E-state index contributed by atoms with van der Waals surface area (Å²) in [5.41, 5.74) is 7.17. The van der Waals surface area contributed by atoms with Gasteiger partial charge in [0.05, 0.1) is 19.8 Å². The Morgan fingerprint density at radius 2 is 0.642 bits per heavy atom. The van der Waals surface area contributed by atoms with Crippen molar-refractivity contribution in [1.82, 2.24) is 0 Å². The first kappa shape index (κ1) is 34.0.